The standard InChI is InChI=1S/C20H22Cl2O2/c1-19(2,3)18-8-9-20(18,12-4-6-16(23)14(21)10-12)13-5-7-17(24)15(22)11-13/h4-7,10-11,18,23-24H,8-9H2,1-3H3/t18-/m0/s1. The number of phenolic OH excluding ortho intramolecular Hbond substituents is 2. The third kappa shape index (κ3) is 2.66. The van der Waals surface area contributed by atoms with E-state index in [9.17, 15) is 10.2 Å². The van der Waals surface area contributed by atoms with Gasteiger partial charge in [-0.15, -0.1) is 0 Å². The van der Waals surface area contributed by atoms with Crippen LogP contribution in [0.15, 0.2) is 36.4 Å². The van der Waals surface area contributed by atoms with E-state index in [4.69, 9.17) is 23.2 Å². The van der Waals surface area contributed by atoms with E-state index in [2.05, 4.69) is 20.8 Å². The Morgan fingerprint density at radius 2 is 1.38 bits per heavy atom. The van der Waals surface area contributed by atoms with Crippen molar-refractivity contribution in [2.45, 2.75) is 39.0 Å². The van der Waals surface area contributed by atoms with Crippen molar-refractivity contribution < 1.29 is 10.2 Å². The zero-order valence-corrected chi connectivity index (χ0v) is 15.6. The highest BCUT2D eigenvalue weighted by atomic mass is 35.5. The SMILES string of the molecule is CC(C)(C)[C@@H]1CCC1(c1ccc(O)c(Cl)c1)c1ccc(O)c(Cl)c1. The van der Waals surface area contributed by atoms with Gasteiger partial charge in [-0.25, -0.2) is 0 Å². The summed E-state index contributed by atoms with van der Waals surface area (Å²) in [6, 6.07) is 10.9. The van der Waals surface area contributed by atoms with Gasteiger partial charge in [0.2, 0.25) is 0 Å². The fraction of sp³-hybridized carbons (Fsp3) is 0.400. The Morgan fingerprint density at radius 1 is 0.917 bits per heavy atom. The fourth-order valence-electron chi connectivity index (χ4n) is 4.18. The summed E-state index contributed by atoms with van der Waals surface area (Å²) in [5.41, 5.74) is 2.05. The summed E-state index contributed by atoms with van der Waals surface area (Å²) in [4.78, 5) is 0. The molecule has 2 N–H and O–H groups in total. The first-order chi connectivity index (χ1) is 11.2. The maximum absolute atomic E-state index is 9.79. The number of rotatable bonds is 2. The molecule has 2 nitrogen and oxygen atoms in total. The largest absolute Gasteiger partial charge is 0.506 e. The highest BCUT2D eigenvalue weighted by molar-refractivity contribution is 6.32. The monoisotopic (exact) mass is 364 g/mol. The van der Waals surface area contributed by atoms with Gasteiger partial charge in [-0.05, 0) is 59.6 Å². The number of hydrogen-bond acceptors (Lipinski definition) is 2. The molecule has 0 spiro atoms. The topological polar surface area (TPSA) is 40.5 Å². The summed E-state index contributed by atoms with van der Waals surface area (Å²) in [6.45, 7) is 6.74. The van der Waals surface area contributed by atoms with Gasteiger partial charge in [0.1, 0.15) is 11.5 Å². The zero-order valence-electron chi connectivity index (χ0n) is 14.1. The molecule has 0 aromatic heterocycles. The molecule has 0 heterocycles. The highest BCUT2D eigenvalue weighted by Crippen LogP contribution is 2.60. The predicted octanol–water partition coefficient (Wildman–Crippen LogP) is 6.15. The van der Waals surface area contributed by atoms with Crippen LogP contribution < -0.4 is 0 Å². The van der Waals surface area contributed by atoms with Crippen molar-refractivity contribution in [3.8, 4) is 11.5 Å². The second-order valence-corrected chi connectivity index (χ2v) is 8.58. The summed E-state index contributed by atoms with van der Waals surface area (Å²) in [6.07, 6.45) is 2.09. The Hall–Kier alpha value is -1.38. The van der Waals surface area contributed by atoms with Gasteiger partial charge >= 0.3 is 0 Å². The molecule has 1 aliphatic rings. The Labute approximate surface area is 153 Å². The molecule has 0 unspecified atom stereocenters. The molecule has 0 saturated heterocycles. The van der Waals surface area contributed by atoms with Gasteiger partial charge in [0, 0.05) is 5.41 Å². The molecule has 128 valence electrons. The molecule has 0 amide bonds. The molecular weight excluding hydrogens is 343 g/mol. The van der Waals surface area contributed by atoms with E-state index in [1.54, 1.807) is 12.1 Å². The van der Waals surface area contributed by atoms with Gasteiger partial charge in [0.15, 0.2) is 0 Å². The van der Waals surface area contributed by atoms with Crippen molar-refractivity contribution in [3.05, 3.63) is 57.6 Å². The van der Waals surface area contributed by atoms with Crippen molar-refractivity contribution in [3.63, 3.8) is 0 Å². The van der Waals surface area contributed by atoms with Crippen molar-refractivity contribution in [2.75, 3.05) is 0 Å². The molecule has 2 aromatic rings. The average Bonchev–Trinajstić information content (AvgIpc) is 2.44. The van der Waals surface area contributed by atoms with E-state index in [-0.39, 0.29) is 22.3 Å². The molecule has 0 radical (unpaired) electrons. The van der Waals surface area contributed by atoms with Crippen molar-refractivity contribution in [1.29, 1.82) is 0 Å². The molecule has 24 heavy (non-hydrogen) atoms. The van der Waals surface area contributed by atoms with Crippen LogP contribution in [0, 0.1) is 11.3 Å². The molecule has 1 aliphatic carbocycles. The van der Waals surface area contributed by atoms with Crippen LogP contribution in [-0.2, 0) is 5.41 Å². The quantitative estimate of drug-likeness (QED) is 0.670. The minimum Gasteiger partial charge on any atom is -0.506 e. The van der Waals surface area contributed by atoms with Gasteiger partial charge in [-0.1, -0.05) is 56.1 Å². The van der Waals surface area contributed by atoms with E-state index in [0.29, 0.717) is 16.0 Å². The average molecular weight is 365 g/mol. The van der Waals surface area contributed by atoms with Crippen LogP contribution in [0.3, 0.4) is 0 Å². The Morgan fingerprint density at radius 3 is 1.67 bits per heavy atom. The van der Waals surface area contributed by atoms with Crippen molar-refractivity contribution in [2.24, 2.45) is 11.3 Å². The normalized spacial score (nSPS) is 19.8. The van der Waals surface area contributed by atoms with Crippen LogP contribution in [-0.4, -0.2) is 10.2 Å². The van der Waals surface area contributed by atoms with E-state index in [1.807, 2.05) is 24.3 Å². The molecule has 3 rings (SSSR count). The summed E-state index contributed by atoms with van der Waals surface area (Å²) in [5.74, 6) is 0.586. The lowest BCUT2D eigenvalue weighted by molar-refractivity contribution is 0.0481. The first-order valence-corrected chi connectivity index (χ1v) is 8.90. The van der Waals surface area contributed by atoms with Gasteiger partial charge in [0.25, 0.3) is 0 Å². The molecule has 1 saturated carbocycles. The van der Waals surface area contributed by atoms with E-state index >= 15 is 0 Å². The predicted molar refractivity (Wildman–Crippen MR) is 99.2 cm³/mol. The van der Waals surface area contributed by atoms with Crippen LogP contribution in [0.2, 0.25) is 10.0 Å². The van der Waals surface area contributed by atoms with E-state index in [1.165, 1.54) is 0 Å². The maximum atomic E-state index is 9.79. The smallest absolute Gasteiger partial charge is 0.134 e. The molecule has 0 bridgehead atoms. The third-order valence-electron chi connectivity index (χ3n) is 5.39. The van der Waals surface area contributed by atoms with Gasteiger partial charge < -0.3 is 10.2 Å². The Kier molecular flexibility index (Phi) is 4.26. The lowest BCUT2D eigenvalue weighted by Crippen LogP contribution is -2.51. The molecule has 1 atom stereocenters. The van der Waals surface area contributed by atoms with Gasteiger partial charge in [-0.2, -0.15) is 0 Å². The second-order valence-electron chi connectivity index (χ2n) is 7.76. The summed E-state index contributed by atoms with van der Waals surface area (Å²) in [5, 5.41) is 20.3. The summed E-state index contributed by atoms with van der Waals surface area (Å²) < 4.78 is 0. The van der Waals surface area contributed by atoms with E-state index < -0.39 is 0 Å². The minimum absolute atomic E-state index is 0.0888. The van der Waals surface area contributed by atoms with Crippen molar-refractivity contribution in [1.82, 2.24) is 0 Å². The zero-order chi connectivity index (χ0) is 17.7. The molecular formula is C20H22Cl2O2. The minimum atomic E-state index is -0.215. The highest BCUT2D eigenvalue weighted by Gasteiger charge is 2.53. The van der Waals surface area contributed by atoms with E-state index in [0.717, 1.165) is 24.0 Å². The van der Waals surface area contributed by atoms with Crippen LogP contribution in [0.4, 0.5) is 0 Å². The molecule has 2 aromatic carbocycles. The number of benzene rings is 2. The first kappa shape index (κ1) is 17.4. The maximum Gasteiger partial charge on any atom is 0.134 e. The Balaban J connectivity index is 2.21. The number of halogens is 2. The molecule has 4 heteroatoms. The Bertz CT molecular complexity index is 726. The summed E-state index contributed by atoms with van der Waals surface area (Å²) in [7, 11) is 0. The number of hydrogen-bond donors (Lipinski definition) is 2. The first-order valence-electron chi connectivity index (χ1n) is 8.14. The van der Waals surface area contributed by atoms with Gasteiger partial charge in [-0.3, -0.25) is 0 Å². The van der Waals surface area contributed by atoms with Crippen molar-refractivity contribution >= 4 is 23.2 Å². The van der Waals surface area contributed by atoms with Crippen LogP contribution in [0.25, 0.3) is 0 Å². The molecule has 1 fully saturated rings. The van der Waals surface area contributed by atoms with Crippen LogP contribution in [0.1, 0.15) is 44.7 Å². The number of aromatic hydroxyl groups is 2. The van der Waals surface area contributed by atoms with Gasteiger partial charge in [0.05, 0.1) is 10.0 Å². The summed E-state index contributed by atoms with van der Waals surface area (Å²) >= 11 is 12.4. The fourth-order valence-corrected chi connectivity index (χ4v) is 4.54. The van der Waals surface area contributed by atoms with Crippen LogP contribution >= 0.6 is 23.2 Å². The second kappa shape index (κ2) is 5.86. The number of phenols is 2. The lowest BCUT2D eigenvalue weighted by atomic mass is 9.47. The third-order valence-corrected chi connectivity index (χ3v) is 6.00. The lowest BCUT2D eigenvalue weighted by Gasteiger charge is -2.56. The van der Waals surface area contributed by atoms with Crippen LogP contribution in [0.5, 0.6) is 11.5 Å². The molecule has 0 aliphatic heterocycles.